The Bertz CT molecular complexity index is 626. The number of aliphatic hydroxyl groups is 1. The van der Waals surface area contributed by atoms with Crippen molar-refractivity contribution in [1.82, 2.24) is 14.6 Å². The zero-order valence-electron chi connectivity index (χ0n) is 8.94. The molecule has 0 bridgehead atoms. The van der Waals surface area contributed by atoms with E-state index in [0.717, 1.165) is 12.4 Å². The number of fused-ring (bicyclic) bond motifs is 1. The van der Waals surface area contributed by atoms with Crippen molar-refractivity contribution in [2.75, 3.05) is 6.61 Å². The molecule has 8 heteroatoms. The van der Waals surface area contributed by atoms with Gasteiger partial charge in [0.25, 0.3) is 0 Å². The number of hydrogen-bond donors (Lipinski definition) is 1. The number of nitrogens with zero attached hydrogens (tertiary/aromatic N) is 4. The van der Waals surface area contributed by atoms with Crippen LogP contribution in [0, 0.1) is 11.3 Å². The van der Waals surface area contributed by atoms with Crippen LogP contribution in [0.5, 0.6) is 0 Å². The van der Waals surface area contributed by atoms with Gasteiger partial charge in [-0.15, -0.1) is 0 Å². The molecule has 0 aliphatic heterocycles. The van der Waals surface area contributed by atoms with Crippen LogP contribution in [0.2, 0.25) is 0 Å². The lowest BCUT2D eigenvalue weighted by atomic mass is 10.1. The van der Waals surface area contributed by atoms with Gasteiger partial charge in [-0.1, -0.05) is 0 Å². The molecule has 2 rings (SSSR count). The molecule has 0 amide bonds. The van der Waals surface area contributed by atoms with Gasteiger partial charge in [0, 0.05) is 18.4 Å². The van der Waals surface area contributed by atoms with Crippen molar-refractivity contribution in [2.24, 2.45) is 0 Å². The Balaban J connectivity index is 2.78. The second-order valence-electron chi connectivity index (χ2n) is 3.51. The van der Waals surface area contributed by atoms with Crippen LogP contribution in [-0.2, 0) is 12.6 Å². The van der Waals surface area contributed by atoms with Gasteiger partial charge >= 0.3 is 6.18 Å². The monoisotopic (exact) mass is 256 g/mol. The highest BCUT2D eigenvalue weighted by Gasteiger charge is 2.37. The molecule has 0 saturated carbocycles. The van der Waals surface area contributed by atoms with Crippen molar-refractivity contribution in [1.29, 1.82) is 5.26 Å². The van der Waals surface area contributed by atoms with E-state index in [1.54, 1.807) is 6.07 Å². The Morgan fingerprint density at radius 3 is 2.67 bits per heavy atom. The summed E-state index contributed by atoms with van der Waals surface area (Å²) in [6.45, 7) is -0.428. The summed E-state index contributed by atoms with van der Waals surface area (Å²) in [6, 6.07) is 1.72. The fourth-order valence-electron chi connectivity index (χ4n) is 1.65. The summed E-state index contributed by atoms with van der Waals surface area (Å²) in [6.07, 6.45) is -2.78. The van der Waals surface area contributed by atoms with E-state index in [1.807, 2.05) is 0 Å². The van der Waals surface area contributed by atoms with E-state index in [2.05, 4.69) is 10.1 Å². The summed E-state index contributed by atoms with van der Waals surface area (Å²) in [4.78, 5) is 3.77. The molecule has 1 N–H and O–H groups in total. The summed E-state index contributed by atoms with van der Waals surface area (Å²) in [5.41, 5.74) is -1.35. The molecule has 0 aromatic carbocycles. The van der Waals surface area contributed by atoms with Crippen LogP contribution in [0.15, 0.2) is 12.4 Å². The van der Waals surface area contributed by atoms with Crippen molar-refractivity contribution >= 4 is 5.65 Å². The van der Waals surface area contributed by atoms with Crippen LogP contribution < -0.4 is 0 Å². The quantitative estimate of drug-likeness (QED) is 0.874. The molecule has 0 aliphatic rings. The van der Waals surface area contributed by atoms with Gasteiger partial charge in [0.1, 0.15) is 11.6 Å². The molecule has 0 radical (unpaired) electrons. The number of alkyl halides is 3. The Morgan fingerprint density at radius 2 is 2.11 bits per heavy atom. The predicted molar refractivity (Wildman–Crippen MR) is 53.5 cm³/mol. The fraction of sp³-hybridized carbons (Fsp3) is 0.300. The Kier molecular flexibility index (Phi) is 2.92. The number of nitriles is 1. The molecule has 18 heavy (non-hydrogen) atoms. The van der Waals surface area contributed by atoms with Crippen LogP contribution in [0.3, 0.4) is 0 Å². The standard InChI is InChI=1S/C10H7F3N4O/c11-10(12,13)8-6(1-2-18)4-15-9-7(3-14)5-16-17(8)9/h4-5,18H,1-2H2. The first-order valence-electron chi connectivity index (χ1n) is 4.92. The van der Waals surface area contributed by atoms with E-state index in [9.17, 15) is 13.2 Å². The first-order valence-corrected chi connectivity index (χ1v) is 4.92. The maximum absolute atomic E-state index is 13.0. The first kappa shape index (κ1) is 12.3. The Hall–Kier alpha value is -2.14. The third kappa shape index (κ3) is 1.89. The third-order valence-electron chi connectivity index (χ3n) is 2.37. The normalized spacial score (nSPS) is 11.7. The van der Waals surface area contributed by atoms with Crippen LogP contribution in [-0.4, -0.2) is 26.3 Å². The zero-order valence-corrected chi connectivity index (χ0v) is 8.94. The second-order valence-corrected chi connectivity index (χ2v) is 3.51. The van der Waals surface area contributed by atoms with Gasteiger partial charge in [-0.3, -0.25) is 0 Å². The summed E-state index contributed by atoms with van der Waals surface area (Å²) < 4.78 is 39.5. The van der Waals surface area contributed by atoms with E-state index in [1.165, 1.54) is 0 Å². The third-order valence-corrected chi connectivity index (χ3v) is 2.37. The second kappa shape index (κ2) is 4.27. The highest BCUT2D eigenvalue weighted by Crippen LogP contribution is 2.32. The molecule has 0 aliphatic carbocycles. The molecule has 2 heterocycles. The Labute approximate surface area is 99.1 Å². The van der Waals surface area contributed by atoms with Gasteiger partial charge in [-0.05, 0) is 6.42 Å². The minimum absolute atomic E-state index is 0.0314. The largest absolute Gasteiger partial charge is 0.433 e. The summed E-state index contributed by atoms with van der Waals surface area (Å²) in [5, 5.41) is 21.0. The van der Waals surface area contributed by atoms with Crippen molar-refractivity contribution < 1.29 is 18.3 Å². The van der Waals surface area contributed by atoms with Crippen LogP contribution in [0.4, 0.5) is 13.2 Å². The van der Waals surface area contributed by atoms with Crippen molar-refractivity contribution in [3.63, 3.8) is 0 Å². The van der Waals surface area contributed by atoms with Crippen molar-refractivity contribution in [2.45, 2.75) is 12.6 Å². The van der Waals surface area contributed by atoms with Crippen LogP contribution in [0.25, 0.3) is 5.65 Å². The summed E-state index contributed by atoms with van der Waals surface area (Å²) in [5.74, 6) is 0. The lowest BCUT2D eigenvalue weighted by Gasteiger charge is -2.13. The summed E-state index contributed by atoms with van der Waals surface area (Å²) >= 11 is 0. The molecule has 0 saturated heterocycles. The molecule has 2 aromatic rings. The minimum atomic E-state index is -4.63. The van der Waals surface area contributed by atoms with E-state index in [4.69, 9.17) is 10.4 Å². The van der Waals surface area contributed by atoms with E-state index < -0.39 is 18.5 Å². The average molecular weight is 256 g/mol. The minimum Gasteiger partial charge on any atom is -0.396 e. The van der Waals surface area contributed by atoms with Gasteiger partial charge in [0.05, 0.1) is 6.20 Å². The zero-order chi connectivity index (χ0) is 13.3. The number of aliphatic hydroxyl groups excluding tert-OH is 1. The predicted octanol–water partition coefficient (Wildman–Crippen LogP) is 1.15. The number of aromatic nitrogens is 3. The molecular formula is C10H7F3N4O. The van der Waals surface area contributed by atoms with Crippen molar-refractivity contribution in [3.8, 4) is 6.07 Å². The van der Waals surface area contributed by atoms with Gasteiger partial charge in [0.15, 0.2) is 11.3 Å². The topological polar surface area (TPSA) is 74.2 Å². The average Bonchev–Trinajstić information content (AvgIpc) is 2.70. The number of halogens is 3. The maximum atomic E-state index is 13.0. The van der Waals surface area contributed by atoms with Crippen LogP contribution >= 0.6 is 0 Å². The molecule has 0 spiro atoms. The van der Waals surface area contributed by atoms with Gasteiger partial charge in [-0.2, -0.15) is 23.5 Å². The van der Waals surface area contributed by atoms with E-state index >= 15 is 0 Å². The number of rotatable bonds is 2. The molecule has 94 valence electrons. The van der Waals surface area contributed by atoms with E-state index in [-0.39, 0.29) is 23.2 Å². The maximum Gasteiger partial charge on any atom is 0.433 e. The smallest absolute Gasteiger partial charge is 0.396 e. The lowest BCUT2D eigenvalue weighted by Crippen LogP contribution is -2.17. The van der Waals surface area contributed by atoms with Crippen LogP contribution in [0.1, 0.15) is 16.8 Å². The highest BCUT2D eigenvalue weighted by molar-refractivity contribution is 5.55. The SMILES string of the molecule is N#Cc1cnn2c(C(F)(F)F)c(CCO)cnc12. The first-order chi connectivity index (χ1) is 8.49. The van der Waals surface area contributed by atoms with Gasteiger partial charge in [-0.25, -0.2) is 9.50 Å². The van der Waals surface area contributed by atoms with Crippen molar-refractivity contribution in [3.05, 3.63) is 29.2 Å². The lowest BCUT2D eigenvalue weighted by molar-refractivity contribution is -0.143. The molecule has 0 unspecified atom stereocenters. The molecular weight excluding hydrogens is 249 g/mol. The molecule has 2 aromatic heterocycles. The molecule has 0 fully saturated rings. The molecule has 5 nitrogen and oxygen atoms in total. The summed E-state index contributed by atoms with van der Waals surface area (Å²) in [7, 11) is 0. The fourth-order valence-corrected chi connectivity index (χ4v) is 1.65. The van der Waals surface area contributed by atoms with Gasteiger partial charge in [0.2, 0.25) is 0 Å². The highest BCUT2D eigenvalue weighted by atomic mass is 19.4. The molecule has 0 atom stereocenters. The van der Waals surface area contributed by atoms with Gasteiger partial charge < -0.3 is 5.11 Å². The van der Waals surface area contributed by atoms with E-state index in [0.29, 0.717) is 4.52 Å². The Morgan fingerprint density at radius 1 is 1.39 bits per heavy atom. The number of hydrogen-bond acceptors (Lipinski definition) is 4.